The normalized spacial score (nSPS) is 10.7. The van der Waals surface area contributed by atoms with E-state index in [0.29, 0.717) is 31.2 Å². The molecule has 1 aromatic heterocycles. The second-order valence-corrected chi connectivity index (χ2v) is 6.46. The number of urea groups is 1. The first-order chi connectivity index (χ1) is 13.6. The van der Waals surface area contributed by atoms with Crippen molar-refractivity contribution in [3.63, 3.8) is 0 Å². The van der Waals surface area contributed by atoms with Crippen LogP contribution in [0.3, 0.4) is 0 Å². The molecule has 0 bridgehead atoms. The van der Waals surface area contributed by atoms with Crippen molar-refractivity contribution in [3.05, 3.63) is 65.5 Å². The summed E-state index contributed by atoms with van der Waals surface area (Å²) in [6, 6.07) is 15.3. The van der Waals surface area contributed by atoms with Gasteiger partial charge in [-0.25, -0.2) is 4.79 Å². The van der Waals surface area contributed by atoms with Crippen LogP contribution in [0.25, 0.3) is 5.69 Å². The van der Waals surface area contributed by atoms with Gasteiger partial charge in [0.1, 0.15) is 0 Å². The first kappa shape index (κ1) is 19.5. The van der Waals surface area contributed by atoms with Gasteiger partial charge in [-0.05, 0) is 59.7 Å². The molecule has 1 heterocycles. The number of tetrazole rings is 1. The Morgan fingerprint density at radius 1 is 1.14 bits per heavy atom. The van der Waals surface area contributed by atoms with Crippen molar-refractivity contribution in [2.45, 2.75) is 20.4 Å². The molecule has 3 rings (SSSR count). The van der Waals surface area contributed by atoms with Gasteiger partial charge in [-0.3, -0.25) is 0 Å². The van der Waals surface area contributed by atoms with Gasteiger partial charge in [-0.2, -0.15) is 4.68 Å². The van der Waals surface area contributed by atoms with Crippen LogP contribution in [0.15, 0.2) is 48.5 Å². The van der Waals surface area contributed by atoms with Gasteiger partial charge >= 0.3 is 6.03 Å². The lowest BCUT2D eigenvalue weighted by Crippen LogP contribution is -2.37. The van der Waals surface area contributed by atoms with E-state index in [1.165, 1.54) is 0 Å². The Labute approximate surface area is 164 Å². The minimum atomic E-state index is -0.174. The number of amides is 2. The number of nitrogens with zero attached hydrogens (tertiary/aromatic N) is 5. The third-order valence-electron chi connectivity index (χ3n) is 4.46. The van der Waals surface area contributed by atoms with E-state index in [9.17, 15) is 4.79 Å². The average molecular weight is 380 g/mol. The van der Waals surface area contributed by atoms with Gasteiger partial charge in [-0.15, -0.1) is 5.10 Å². The topological polar surface area (TPSA) is 85.2 Å². The molecule has 0 aliphatic rings. The minimum absolute atomic E-state index is 0.174. The Balaban J connectivity index is 1.70. The number of aromatic nitrogens is 4. The molecular formula is C20H24N6O2. The van der Waals surface area contributed by atoms with Crippen LogP contribution in [0, 0.1) is 13.8 Å². The predicted octanol–water partition coefficient (Wildman–Crippen LogP) is 2.96. The van der Waals surface area contributed by atoms with Crippen LogP contribution in [-0.2, 0) is 11.3 Å². The van der Waals surface area contributed by atoms with Crippen molar-refractivity contribution < 1.29 is 9.53 Å². The summed E-state index contributed by atoms with van der Waals surface area (Å²) < 4.78 is 6.80. The number of methoxy groups -OCH3 is 1. The van der Waals surface area contributed by atoms with Crippen molar-refractivity contribution in [2.24, 2.45) is 0 Å². The van der Waals surface area contributed by atoms with E-state index in [1.54, 1.807) is 16.7 Å². The van der Waals surface area contributed by atoms with E-state index in [4.69, 9.17) is 4.74 Å². The molecule has 0 saturated carbocycles. The number of carbonyl (C=O) groups excluding carboxylic acids is 1. The number of anilines is 1. The molecule has 2 amide bonds. The molecule has 0 fully saturated rings. The molecule has 8 nitrogen and oxygen atoms in total. The average Bonchev–Trinajstić information content (AvgIpc) is 3.13. The number of benzene rings is 2. The van der Waals surface area contributed by atoms with Gasteiger partial charge in [0, 0.05) is 25.9 Å². The van der Waals surface area contributed by atoms with Crippen molar-refractivity contribution in [1.82, 2.24) is 25.1 Å². The maximum absolute atomic E-state index is 12.8. The summed E-state index contributed by atoms with van der Waals surface area (Å²) in [4.78, 5) is 14.6. The minimum Gasteiger partial charge on any atom is -0.383 e. The molecule has 0 saturated heterocycles. The van der Waals surface area contributed by atoms with E-state index in [0.717, 1.165) is 16.8 Å². The van der Waals surface area contributed by atoms with Crippen LogP contribution < -0.4 is 5.32 Å². The molecule has 1 N–H and O–H groups in total. The summed E-state index contributed by atoms with van der Waals surface area (Å²) in [5, 5.41) is 14.4. The predicted molar refractivity (Wildman–Crippen MR) is 106 cm³/mol. The zero-order chi connectivity index (χ0) is 19.9. The molecule has 146 valence electrons. The molecule has 0 aliphatic carbocycles. The first-order valence-corrected chi connectivity index (χ1v) is 9.03. The lowest BCUT2D eigenvalue weighted by Gasteiger charge is -2.24. The summed E-state index contributed by atoms with van der Waals surface area (Å²) in [6.45, 7) is 5.36. The van der Waals surface area contributed by atoms with Gasteiger partial charge in [0.05, 0.1) is 12.3 Å². The second-order valence-electron chi connectivity index (χ2n) is 6.46. The molecule has 0 radical (unpaired) electrons. The smallest absolute Gasteiger partial charge is 0.322 e. The molecule has 0 spiro atoms. The molecule has 0 unspecified atom stereocenters. The fourth-order valence-corrected chi connectivity index (χ4v) is 2.81. The summed E-state index contributed by atoms with van der Waals surface area (Å²) >= 11 is 0. The van der Waals surface area contributed by atoms with Crippen molar-refractivity contribution in [3.8, 4) is 5.69 Å². The number of hydrogen-bond donors (Lipinski definition) is 1. The first-order valence-electron chi connectivity index (χ1n) is 9.03. The molecule has 28 heavy (non-hydrogen) atoms. The molecule has 3 aromatic rings. The van der Waals surface area contributed by atoms with Crippen LogP contribution in [-0.4, -0.2) is 51.4 Å². The van der Waals surface area contributed by atoms with E-state index in [-0.39, 0.29) is 6.03 Å². The molecule has 8 heteroatoms. The zero-order valence-electron chi connectivity index (χ0n) is 16.3. The Morgan fingerprint density at radius 3 is 2.54 bits per heavy atom. The highest BCUT2D eigenvalue weighted by Crippen LogP contribution is 2.15. The molecular weight excluding hydrogens is 356 g/mol. The molecule has 0 aliphatic heterocycles. The third-order valence-corrected chi connectivity index (χ3v) is 4.46. The fourth-order valence-electron chi connectivity index (χ4n) is 2.81. The maximum Gasteiger partial charge on any atom is 0.322 e. The Morgan fingerprint density at radius 2 is 1.89 bits per heavy atom. The molecule has 2 aromatic carbocycles. The number of hydrogen-bond acceptors (Lipinski definition) is 5. The second kappa shape index (κ2) is 9.09. The van der Waals surface area contributed by atoms with Crippen molar-refractivity contribution in [1.29, 1.82) is 0 Å². The van der Waals surface area contributed by atoms with E-state index in [1.807, 2.05) is 62.4 Å². The Kier molecular flexibility index (Phi) is 6.33. The number of ether oxygens (including phenoxy) is 1. The van der Waals surface area contributed by atoms with Gasteiger partial charge in [0.2, 0.25) is 0 Å². The van der Waals surface area contributed by atoms with Gasteiger partial charge in [0.25, 0.3) is 0 Å². The van der Waals surface area contributed by atoms with Gasteiger partial charge in [-0.1, -0.05) is 24.3 Å². The van der Waals surface area contributed by atoms with Crippen LogP contribution in [0.1, 0.15) is 17.0 Å². The summed E-state index contributed by atoms with van der Waals surface area (Å²) in [6.07, 6.45) is 0. The highest BCUT2D eigenvalue weighted by molar-refractivity contribution is 5.89. The lowest BCUT2D eigenvalue weighted by atomic mass is 10.1. The summed E-state index contributed by atoms with van der Waals surface area (Å²) in [5.41, 5.74) is 3.79. The van der Waals surface area contributed by atoms with Crippen LogP contribution in [0.2, 0.25) is 0 Å². The van der Waals surface area contributed by atoms with Crippen LogP contribution >= 0.6 is 0 Å². The third kappa shape index (κ3) is 4.72. The standard InChI is InChI=1S/C20H24N6O2/c1-15-6-4-5-7-17(15)14-25(12-13-28-3)20(27)21-18-8-10-19(11-9-18)26-16(2)22-23-24-26/h4-11H,12-14H2,1-3H3,(H,21,27). The molecule has 0 atom stereocenters. The number of aryl methyl sites for hydroxylation is 2. The highest BCUT2D eigenvalue weighted by atomic mass is 16.5. The quantitative estimate of drug-likeness (QED) is 0.681. The summed E-state index contributed by atoms with van der Waals surface area (Å²) in [5.74, 6) is 0.695. The summed E-state index contributed by atoms with van der Waals surface area (Å²) in [7, 11) is 1.63. The lowest BCUT2D eigenvalue weighted by molar-refractivity contribution is 0.152. The highest BCUT2D eigenvalue weighted by Gasteiger charge is 2.15. The largest absolute Gasteiger partial charge is 0.383 e. The van der Waals surface area contributed by atoms with Gasteiger partial charge in [0.15, 0.2) is 5.82 Å². The number of carbonyl (C=O) groups is 1. The van der Waals surface area contributed by atoms with E-state index < -0.39 is 0 Å². The number of nitrogens with one attached hydrogen (secondary N) is 1. The van der Waals surface area contributed by atoms with E-state index in [2.05, 4.69) is 20.8 Å². The monoisotopic (exact) mass is 380 g/mol. The van der Waals surface area contributed by atoms with Crippen molar-refractivity contribution >= 4 is 11.7 Å². The van der Waals surface area contributed by atoms with Crippen LogP contribution in [0.4, 0.5) is 10.5 Å². The fraction of sp³-hybridized carbons (Fsp3) is 0.300. The van der Waals surface area contributed by atoms with Crippen molar-refractivity contribution in [2.75, 3.05) is 25.6 Å². The Bertz CT molecular complexity index is 922. The number of rotatable bonds is 7. The SMILES string of the molecule is COCCN(Cc1ccccc1C)C(=O)Nc1ccc(-n2nnnc2C)cc1. The Hall–Kier alpha value is -3.26. The van der Waals surface area contributed by atoms with Gasteiger partial charge < -0.3 is 15.0 Å². The van der Waals surface area contributed by atoms with E-state index >= 15 is 0 Å². The maximum atomic E-state index is 12.8. The zero-order valence-corrected chi connectivity index (χ0v) is 16.3. The van der Waals surface area contributed by atoms with Crippen LogP contribution in [0.5, 0.6) is 0 Å².